The summed E-state index contributed by atoms with van der Waals surface area (Å²) in [5.74, 6) is 0. The van der Waals surface area contributed by atoms with Crippen molar-refractivity contribution in [3.8, 4) is 11.3 Å². The maximum atomic E-state index is 13.3. The number of hydrogen-bond donors (Lipinski definition) is 1. The van der Waals surface area contributed by atoms with Gasteiger partial charge in [-0.2, -0.15) is 13.2 Å². The van der Waals surface area contributed by atoms with Crippen molar-refractivity contribution in [2.75, 3.05) is 31.2 Å². The minimum Gasteiger partial charge on any atom is -0.378 e. The van der Waals surface area contributed by atoms with Gasteiger partial charge in [-0.05, 0) is 35.7 Å². The summed E-state index contributed by atoms with van der Waals surface area (Å²) in [5.41, 5.74) is -0.149. The summed E-state index contributed by atoms with van der Waals surface area (Å²) in [6, 6.07) is 12.2. The van der Waals surface area contributed by atoms with E-state index in [1.54, 1.807) is 12.1 Å². The molecule has 4 nitrogen and oxygen atoms in total. The Kier molecular flexibility index (Phi) is 4.39. The zero-order valence-corrected chi connectivity index (χ0v) is 14.3. The number of fused-ring (bicyclic) bond motifs is 1. The number of alkyl halides is 3. The smallest absolute Gasteiger partial charge is 0.378 e. The average Bonchev–Trinajstić information content (AvgIpc) is 2.67. The van der Waals surface area contributed by atoms with Crippen molar-refractivity contribution in [1.82, 2.24) is 4.98 Å². The zero-order chi connectivity index (χ0) is 19.0. The van der Waals surface area contributed by atoms with Crippen LogP contribution in [0.3, 0.4) is 0 Å². The summed E-state index contributed by atoms with van der Waals surface area (Å²) in [6.45, 7) is 2.71. The van der Waals surface area contributed by atoms with Gasteiger partial charge >= 0.3 is 6.18 Å². The molecule has 0 saturated carbocycles. The van der Waals surface area contributed by atoms with E-state index in [1.807, 2.05) is 12.1 Å². The number of pyridine rings is 1. The van der Waals surface area contributed by atoms with E-state index < -0.39 is 17.3 Å². The monoisotopic (exact) mass is 374 g/mol. The Bertz CT molecular complexity index is 1040. The molecule has 1 N–H and O–H groups in total. The van der Waals surface area contributed by atoms with E-state index in [2.05, 4.69) is 9.88 Å². The largest absolute Gasteiger partial charge is 0.417 e. The Morgan fingerprint density at radius 2 is 1.74 bits per heavy atom. The number of aromatic amines is 1. The number of anilines is 1. The number of H-pyrrole nitrogens is 1. The predicted molar refractivity (Wildman–Crippen MR) is 98.0 cm³/mol. The molecule has 1 aliphatic rings. The van der Waals surface area contributed by atoms with Crippen LogP contribution >= 0.6 is 0 Å². The van der Waals surface area contributed by atoms with Gasteiger partial charge < -0.3 is 14.6 Å². The van der Waals surface area contributed by atoms with Gasteiger partial charge in [0.15, 0.2) is 0 Å². The number of aromatic nitrogens is 1. The second-order valence-corrected chi connectivity index (χ2v) is 6.43. The summed E-state index contributed by atoms with van der Waals surface area (Å²) in [5, 5.41) is 1.05. The van der Waals surface area contributed by atoms with Crippen molar-refractivity contribution in [3.05, 3.63) is 64.4 Å². The number of nitrogens with zero attached hydrogens (tertiary/aromatic N) is 1. The van der Waals surface area contributed by atoms with Crippen LogP contribution in [0.1, 0.15) is 5.56 Å². The zero-order valence-electron chi connectivity index (χ0n) is 14.3. The average molecular weight is 374 g/mol. The molecule has 2 aromatic carbocycles. The molecule has 0 aliphatic carbocycles. The maximum absolute atomic E-state index is 13.3. The highest BCUT2D eigenvalue weighted by Gasteiger charge is 2.33. The van der Waals surface area contributed by atoms with Gasteiger partial charge in [-0.3, -0.25) is 4.79 Å². The van der Waals surface area contributed by atoms with Gasteiger partial charge in [-0.25, -0.2) is 0 Å². The molecule has 1 fully saturated rings. The normalized spacial score (nSPS) is 15.3. The maximum Gasteiger partial charge on any atom is 0.417 e. The Balaban J connectivity index is 1.85. The summed E-state index contributed by atoms with van der Waals surface area (Å²) in [7, 11) is 0. The van der Waals surface area contributed by atoms with Gasteiger partial charge in [0, 0.05) is 35.4 Å². The van der Waals surface area contributed by atoms with E-state index >= 15 is 0 Å². The molecule has 27 heavy (non-hydrogen) atoms. The summed E-state index contributed by atoms with van der Waals surface area (Å²) >= 11 is 0. The third kappa shape index (κ3) is 3.42. The molecule has 1 aliphatic heterocycles. The fraction of sp³-hybridized carbons (Fsp3) is 0.250. The summed E-state index contributed by atoms with van der Waals surface area (Å²) < 4.78 is 45.4. The van der Waals surface area contributed by atoms with Crippen LogP contribution < -0.4 is 10.5 Å². The van der Waals surface area contributed by atoms with Gasteiger partial charge in [0.2, 0.25) is 0 Å². The number of morpholine rings is 1. The van der Waals surface area contributed by atoms with Crippen molar-refractivity contribution in [1.29, 1.82) is 0 Å². The van der Waals surface area contributed by atoms with E-state index in [1.165, 1.54) is 18.2 Å². The highest BCUT2D eigenvalue weighted by molar-refractivity contribution is 5.88. The van der Waals surface area contributed by atoms with Crippen molar-refractivity contribution in [2.45, 2.75) is 6.18 Å². The lowest BCUT2D eigenvalue weighted by atomic mass is 10.0. The van der Waals surface area contributed by atoms with Crippen LogP contribution in [0.4, 0.5) is 18.9 Å². The molecule has 1 saturated heterocycles. The first-order chi connectivity index (χ1) is 12.9. The number of benzene rings is 2. The van der Waals surface area contributed by atoms with E-state index in [0.29, 0.717) is 24.0 Å². The van der Waals surface area contributed by atoms with Crippen molar-refractivity contribution in [3.63, 3.8) is 0 Å². The fourth-order valence-corrected chi connectivity index (χ4v) is 3.39. The molecule has 140 valence electrons. The fourth-order valence-electron chi connectivity index (χ4n) is 3.39. The molecular formula is C20H17F3N2O2. The van der Waals surface area contributed by atoms with Gasteiger partial charge in [0.05, 0.1) is 18.8 Å². The van der Waals surface area contributed by atoms with Crippen LogP contribution in [0.5, 0.6) is 0 Å². The lowest BCUT2D eigenvalue weighted by Gasteiger charge is -2.29. The van der Waals surface area contributed by atoms with Crippen LogP contribution in [0.15, 0.2) is 53.3 Å². The first-order valence-corrected chi connectivity index (χ1v) is 8.60. The Morgan fingerprint density at radius 3 is 2.48 bits per heavy atom. The molecule has 0 bridgehead atoms. The van der Waals surface area contributed by atoms with Gasteiger partial charge in [0.25, 0.3) is 5.56 Å². The van der Waals surface area contributed by atoms with E-state index in [9.17, 15) is 18.0 Å². The Morgan fingerprint density at radius 1 is 1.00 bits per heavy atom. The number of ether oxygens (including phenoxy) is 1. The van der Waals surface area contributed by atoms with Crippen molar-refractivity contribution < 1.29 is 17.9 Å². The molecular weight excluding hydrogens is 357 g/mol. The molecule has 7 heteroatoms. The standard InChI is InChI=1S/C20H17F3N2O2/c21-20(22,23)17-4-2-1-3-16(17)18-12-13-11-14(25-7-9-27-10-8-25)5-6-15(13)19(26)24-18/h1-6,11-12H,7-10H2,(H,24,26). The van der Waals surface area contributed by atoms with E-state index in [-0.39, 0.29) is 11.3 Å². The minimum atomic E-state index is -4.50. The SMILES string of the molecule is O=c1[nH]c(-c2ccccc2C(F)(F)F)cc2cc(N3CCOCC3)ccc12. The Labute approximate surface area is 153 Å². The molecule has 0 spiro atoms. The first kappa shape index (κ1) is 17.6. The number of halogens is 3. The van der Waals surface area contributed by atoms with Crippen LogP contribution in [0, 0.1) is 0 Å². The molecule has 3 aromatic rings. The highest BCUT2D eigenvalue weighted by atomic mass is 19.4. The molecule has 2 heterocycles. The summed E-state index contributed by atoms with van der Waals surface area (Å²) in [6.07, 6.45) is -4.50. The summed E-state index contributed by atoms with van der Waals surface area (Å²) in [4.78, 5) is 17.2. The number of nitrogens with one attached hydrogen (secondary N) is 1. The third-order valence-corrected chi connectivity index (χ3v) is 4.73. The lowest BCUT2D eigenvalue weighted by molar-refractivity contribution is -0.137. The van der Waals surface area contributed by atoms with E-state index in [4.69, 9.17) is 4.74 Å². The molecule has 0 radical (unpaired) electrons. The Hall–Kier alpha value is -2.80. The van der Waals surface area contributed by atoms with Crippen LogP contribution in [-0.4, -0.2) is 31.3 Å². The van der Waals surface area contributed by atoms with Crippen LogP contribution in [0.2, 0.25) is 0 Å². The molecule has 0 unspecified atom stereocenters. The number of rotatable bonds is 2. The van der Waals surface area contributed by atoms with Gasteiger partial charge in [0.1, 0.15) is 0 Å². The highest BCUT2D eigenvalue weighted by Crippen LogP contribution is 2.36. The van der Waals surface area contributed by atoms with Gasteiger partial charge in [-0.15, -0.1) is 0 Å². The molecule has 1 aromatic heterocycles. The van der Waals surface area contributed by atoms with Crippen LogP contribution in [-0.2, 0) is 10.9 Å². The second-order valence-electron chi connectivity index (χ2n) is 6.43. The van der Waals surface area contributed by atoms with Crippen LogP contribution in [0.25, 0.3) is 22.0 Å². The number of hydrogen-bond acceptors (Lipinski definition) is 3. The molecule has 0 atom stereocenters. The predicted octanol–water partition coefficient (Wildman–Crippen LogP) is 4.05. The second kappa shape index (κ2) is 6.74. The lowest BCUT2D eigenvalue weighted by Crippen LogP contribution is -2.36. The first-order valence-electron chi connectivity index (χ1n) is 8.60. The van der Waals surface area contributed by atoms with E-state index in [0.717, 1.165) is 24.8 Å². The quantitative estimate of drug-likeness (QED) is 0.736. The van der Waals surface area contributed by atoms with Gasteiger partial charge in [-0.1, -0.05) is 18.2 Å². The van der Waals surface area contributed by atoms with Crippen molar-refractivity contribution in [2.24, 2.45) is 0 Å². The van der Waals surface area contributed by atoms with Crippen molar-refractivity contribution >= 4 is 16.5 Å². The topological polar surface area (TPSA) is 45.3 Å². The molecule has 0 amide bonds. The molecule has 4 rings (SSSR count). The third-order valence-electron chi connectivity index (χ3n) is 4.73. The minimum absolute atomic E-state index is 0.0409.